The van der Waals surface area contributed by atoms with Crippen molar-refractivity contribution < 1.29 is 0 Å². The van der Waals surface area contributed by atoms with Crippen LogP contribution in [0.2, 0.25) is 0 Å². The number of hydrogen-bond acceptors (Lipinski definition) is 2. The fourth-order valence-electron chi connectivity index (χ4n) is 3.28. The molecule has 2 N–H and O–H groups in total. The van der Waals surface area contributed by atoms with Gasteiger partial charge in [-0.05, 0) is 56.1 Å². The minimum absolute atomic E-state index is 0. The SMILES string of the molecule is CCNC(=NCc1ccc(CN2CCCC2)cc1)NCCn1cccc1.I. The van der Waals surface area contributed by atoms with Crippen LogP contribution in [-0.2, 0) is 19.6 Å². The topological polar surface area (TPSA) is 44.6 Å². The Balaban J connectivity index is 0.00000261. The number of halogens is 1. The lowest BCUT2D eigenvalue weighted by Gasteiger charge is -2.14. The van der Waals surface area contributed by atoms with Gasteiger partial charge in [0.1, 0.15) is 0 Å². The highest BCUT2D eigenvalue weighted by Gasteiger charge is 2.11. The van der Waals surface area contributed by atoms with E-state index in [0.29, 0.717) is 6.54 Å². The van der Waals surface area contributed by atoms with Crippen molar-refractivity contribution in [3.05, 3.63) is 59.9 Å². The number of hydrogen-bond donors (Lipinski definition) is 2. The monoisotopic (exact) mass is 481 g/mol. The lowest BCUT2D eigenvalue weighted by atomic mass is 10.1. The molecule has 2 heterocycles. The Labute approximate surface area is 180 Å². The third kappa shape index (κ3) is 7.54. The molecule has 1 aromatic carbocycles. The van der Waals surface area contributed by atoms with Crippen molar-refractivity contribution in [3.8, 4) is 0 Å². The van der Waals surface area contributed by atoms with E-state index >= 15 is 0 Å². The Hall–Kier alpha value is -1.54. The minimum atomic E-state index is 0. The molecule has 148 valence electrons. The molecule has 3 rings (SSSR count). The first kappa shape index (κ1) is 21.8. The molecule has 0 spiro atoms. The minimum Gasteiger partial charge on any atom is -0.357 e. The second kappa shape index (κ2) is 12.0. The Kier molecular flexibility index (Phi) is 9.69. The summed E-state index contributed by atoms with van der Waals surface area (Å²) in [6.45, 7) is 9.01. The number of nitrogens with zero attached hydrogens (tertiary/aromatic N) is 3. The zero-order valence-corrected chi connectivity index (χ0v) is 18.6. The molecule has 5 nitrogen and oxygen atoms in total. The molecule has 1 aromatic heterocycles. The zero-order chi connectivity index (χ0) is 18.0. The molecule has 0 bridgehead atoms. The molecule has 27 heavy (non-hydrogen) atoms. The summed E-state index contributed by atoms with van der Waals surface area (Å²) in [7, 11) is 0. The van der Waals surface area contributed by atoms with Gasteiger partial charge in [0, 0.05) is 38.6 Å². The van der Waals surface area contributed by atoms with Crippen molar-refractivity contribution in [3.63, 3.8) is 0 Å². The fourth-order valence-corrected chi connectivity index (χ4v) is 3.28. The van der Waals surface area contributed by atoms with Gasteiger partial charge in [0.05, 0.1) is 6.54 Å². The molecule has 0 saturated carbocycles. The average molecular weight is 481 g/mol. The largest absolute Gasteiger partial charge is 0.357 e. The van der Waals surface area contributed by atoms with Crippen molar-refractivity contribution >= 4 is 29.9 Å². The van der Waals surface area contributed by atoms with Gasteiger partial charge in [-0.15, -0.1) is 24.0 Å². The van der Waals surface area contributed by atoms with Gasteiger partial charge >= 0.3 is 0 Å². The Morgan fingerprint density at radius 3 is 2.33 bits per heavy atom. The van der Waals surface area contributed by atoms with E-state index in [1.807, 2.05) is 12.1 Å². The highest BCUT2D eigenvalue weighted by Crippen LogP contribution is 2.13. The van der Waals surface area contributed by atoms with Crippen LogP contribution in [0.4, 0.5) is 0 Å². The number of aliphatic imine (C=N–C) groups is 1. The summed E-state index contributed by atoms with van der Waals surface area (Å²) < 4.78 is 2.16. The predicted octanol–water partition coefficient (Wildman–Crippen LogP) is 3.46. The fraction of sp³-hybridized carbons (Fsp3) is 0.476. The van der Waals surface area contributed by atoms with Crippen molar-refractivity contribution in [2.24, 2.45) is 4.99 Å². The van der Waals surface area contributed by atoms with Gasteiger partial charge in [0.15, 0.2) is 5.96 Å². The average Bonchev–Trinajstić information content (AvgIpc) is 3.35. The molecule has 1 fully saturated rings. The molecule has 1 aliphatic rings. The first-order chi connectivity index (χ1) is 12.8. The van der Waals surface area contributed by atoms with Crippen LogP contribution in [0.5, 0.6) is 0 Å². The van der Waals surface area contributed by atoms with Crippen molar-refractivity contribution in [1.82, 2.24) is 20.1 Å². The van der Waals surface area contributed by atoms with E-state index in [-0.39, 0.29) is 24.0 Å². The number of nitrogens with one attached hydrogen (secondary N) is 2. The van der Waals surface area contributed by atoms with Gasteiger partial charge in [-0.2, -0.15) is 0 Å². The molecule has 1 saturated heterocycles. The molecule has 2 aromatic rings. The summed E-state index contributed by atoms with van der Waals surface area (Å²) in [5.41, 5.74) is 2.65. The van der Waals surface area contributed by atoms with Gasteiger partial charge in [0.2, 0.25) is 0 Å². The van der Waals surface area contributed by atoms with Gasteiger partial charge < -0.3 is 15.2 Å². The standard InChI is InChI=1S/C21H31N5.HI/c1-2-22-21(23-11-16-25-12-3-4-13-25)24-17-19-7-9-20(10-8-19)18-26-14-5-6-15-26;/h3-4,7-10,12-13H,2,5-6,11,14-18H2,1H3,(H2,22,23,24);1H. The normalized spacial score (nSPS) is 14.8. The third-order valence-electron chi connectivity index (χ3n) is 4.72. The van der Waals surface area contributed by atoms with Gasteiger partial charge in [-0.1, -0.05) is 24.3 Å². The van der Waals surface area contributed by atoms with E-state index in [2.05, 4.69) is 63.7 Å². The second-order valence-electron chi connectivity index (χ2n) is 6.84. The van der Waals surface area contributed by atoms with Gasteiger partial charge in [0.25, 0.3) is 0 Å². The molecular weight excluding hydrogens is 449 g/mol. The smallest absolute Gasteiger partial charge is 0.191 e. The van der Waals surface area contributed by atoms with E-state index in [9.17, 15) is 0 Å². The summed E-state index contributed by atoms with van der Waals surface area (Å²) in [5.74, 6) is 0.876. The molecule has 0 unspecified atom stereocenters. The molecule has 0 atom stereocenters. The molecule has 0 amide bonds. The van der Waals surface area contributed by atoms with E-state index in [0.717, 1.165) is 32.1 Å². The Morgan fingerprint density at radius 1 is 1.00 bits per heavy atom. The first-order valence-electron chi connectivity index (χ1n) is 9.76. The van der Waals surface area contributed by atoms with Crippen LogP contribution in [0, 0.1) is 0 Å². The van der Waals surface area contributed by atoms with E-state index in [1.54, 1.807) is 0 Å². The third-order valence-corrected chi connectivity index (χ3v) is 4.72. The number of guanidine groups is 1. The number of aromatic nitrogens is 1. The molecule has 0 aliphatic carbocycles. The highest BCUT2D eigenvalue weighted by molar-refractivity contribution is 14.0. The van der Waals surface area contributed by atoms with Crippen molar-refractivity contribution in [1.29, 1.82) is 0 Å². The zero-order valence-electron chi connectivity index (χ0n) is 16.2. The van der Waals surface area contributed by atoms with Crippen LogP contribution in [0.1, 0.15) is 30.9 Å². The summed E-state index contributed by atoms with van der Waals surface area (Å²) >= 11 is 0. The van der Waals surface area contributed by atoms with E-state index in [1.165, 1.54) is 37.1 Å². The van der Waals surface area contributed by atoms with Crippen LogP contribution in [0.15, 0.2) is 53.8 Å². The maximum absolute atomic E-state index is 4.71. The molecule has 6 heteroatoms. The van der Waals surface area contributed by atoms with Crippen LogP contribution >= 0.6 is 24.0 Å². The number of rotatable bonds is 8. The lowest BCUT2D eigenvalue weighted by Crippen LogP contribution is -2.38. The second-order valence-corrected chi connectivity index (χ2v) is 6.84. The maximum Gasteiger partial charge on any atom is 0.191 e. The van der Waals surface area contributed by atoms with Gasteiger partial charge in [-0.25, -0.2) is 4.99 Å². The van der Waals surface area contributed by atoms with Crippen LogP contribution in [0.25, 0.3) is 0 Å². The predicted molar refractivity (Wildman–Crippen MR) is 124 cm³/mol. The Morgan fingerprint density at radius 2 is 1.67 bits per heavy atom. The summed E-state index contributed by atoms with van der Waals surface area (Å²) in [6.07, 6.45) is 6.85. The van der Waals surface area contributed by atoms with Crippen LogP contribution < -0.4 is 10.6 Å². The molecule has 1 aliphatic heterocycles. The summed E-state index contributed by atoms with van der Waals surface area (Å²) in [5, 5.41) is 6.72. The highest BCUT2D eigenvalue weighted by atomic mass is 127. The van der Waals surface area contributed by atoms with Crippen molar-refractivity contribution in [2.75, 3.05) is 26.2 Å². The number of benzene rings is 1. The van der Waals surface area contributed by atoms with Gasteiger partial charge in [-0.3, -0.25) is 4.90 Å². The molecular formula is C21H32IN5. The quantitative estimate of drug-likeness (QED) is 0.345. The van der Waals surface area contributed by atoms with Crippen LogP contribution in [-0.4, -0.2) is 41.6 Å². The van der Waals surface area contributed by atoms with E-state index < -0.39 is 0 Å². The number of likely N-dealkylation sites (tertiary alicyclic amines) is 1. The Bertz CT molecular complexity index is 660. The van der Waals surface area contributed by atoms with Crippen LogP contribution in [0.3, 0.4) is 0 Å². The summed E-state index contributed by atoms with van der Waals surface area (Å²) in [4.78, 5) is 7.24. The lowest BCUT2D eigenvalue weighted by molar-refractivity contribution is 0.331. The summed E-state index contributed by atoms with van der Waals surface area (Å²) in [6, 6.07) is 13.0. The van der Waals surface area contributed by atoms with E-state index in [4.69, 9.17) is 4.99 Å². The first-order valence-corrected chi connectivity index (χ1v) is 9.76. The molecule has 0 radical (unpaired) electrons. The maximum atomic E-state index is 4.71. The van der Waals surface area contributed by atoms with Crippen molar-refractivity contribution in [2.45, 2.75) is 39.4 Å².